The summed E-state index contributed by atoms with van der Waals surface area (Å²) in [6.45, 7) is 0. The molecule has 234 valence electrons. The molecule has 0 saturated heterocycles. The van der Waals surface area contributed by atoms with Gasteiger partial charge in [0.25, 0.3) is 0 Å². The van der Waals surface area contributed by atoms with Crippen molar-refractivity contribution in [3.63, 3.8) is 0 Å². The quantitative estimate of drug-likeness (QED) is 0.160. The van der Waals surface area contributed by atoms with Gasteiger partial charge in [0.05, 0.1) is 0 Å². The van der Waals surface area contributed by atoms with E-state index in [0.717, 1.165) is 0 Å². The molecule has 0 amide bonds. The van der Waals surface area contributed by atoms with Crippen LogP contribution in [0.5, 0.6) is 0 Å². The van der Waals surface area contributed by atoms with Crippen LogP contribution in [-0.4, -0.2) is 0 Å². The van der Waals surface area contributed by atoms with Gasteiger partial charge in [0, 0.05) is 0 Å². The fourth-order valence-corrected chi connectivity index (χ4v) is 7.50. The Hall–Kier alpha value is -6.50. The van der Waals surface area contributed by atoms with E-state index in [9.17, 15) is 0 Å². The van der Waals surface area contributed by atoms with Crippen LogP contribution < -0.4 is 0 Å². The van der Waals surface area contributed by atoms with Crippen LogP contribution in [-0.2, 0) is 0 Å². The third-order valence-electron chi connectivity index (χ3n) is 9.89. The summed E-state index contributed by atoms with van der Waals surface area (Å²) in [7, 11) is 0. The molecule has 0 fully saturated rings. The van der Waals surface area contributed by atoms with E-state index in [1.165, 1.54) is 88.3 Å². The first-order chi connectivity index (χ1) is 24.8. The minimum Gasteiger partial charge on any atom is -0.0622 e. The van der Waals surface area contributed by atoms with Gasteiger partial charge in [-0.3, -0.25) is 0 Å². The van der Waals surface area contributed by atoms with Crippen molar-refractivity contribution < 1.29 is 0 Å². The molecule has 0 aliphatic carbocycles. The zero-order chi connectivity index (χ0) is 33.3. The van der Waals surface area contributed by atoms with Gasteiger partial charge in [0.15, 0.2) is 0 Å². The van der Waals surface area contributed by atoms with Gasteiger partial charge in [-0.25, -0.2) is 0 Å². The molecule has 0 heteroatoms. The highest BCUT2D eigenvalue weighted by molar-refractivity contribution is 6.22. The van der Waals surface area contributed by atoms with Crippen LogP contribution in [0.25, 0.3) is 88.3 Å². The summed E-state index contributed by atoms with van der Waals surface area (Å²) in [5.41, 5.74) is 14.7. The Bertz CT molecular complexity index is 2540. The molecular formula is C50H34. The molecule has 0 spiro atoms. The third-order valence-corrected chi connectivity index (χ3v) is 9.89. The van der Waals surface area contributed by atoms with Gasteiger partial charge in [0.1, 0.15) is 0 Å². The highest BCUT2D eigenvalue weighted by Crippen LogP contribution is 2.47. The third kappa shape index (κ3) is 5.38. The molecule has 50 heavy (non-hydrogen) atoms. The Morgan fingerprint density at radius 1 is 0.180 bits per heavy atom. The van der Waals surface area contributed by atoms with Crippen LogP contribution in [0.15, 0.2) is 206 Å². The maximum absolute atomic E-state index is 2.42. The van der Waals surface area contributed by atoms with Crippen LogP contribution in [0.3, 0.4) is 0 Å². The summed E-state index contributed by atoms with van der Waals surface area (Å²) in [5.74, 6) is 0. The van der Waals surface area contributed by atoms with E-state index < -0.39 is 0 Å². The largest absolute Gasteiger partial charge is 0.0622 e. The van der Waals surface area contributed by atoms with Crippen LogP contribution in [0.2, 0.25) is 0 Å². The van der Waals surface area contributed by atoms with Crippen LogP contribution in [0, 0.1) is 0 Å². The van der Waals surface area contributed by atoms with Crippen LogP contribution in [0.4, 0.5) is 0 Å². The number of hydrogen-bond donors (Lipinski definition) is 0. The minimum atomic E-state index is 1.20. The smallest absolute Gasteiger partial charge is 0.00199 e. The standard InChI is InChI=1S/C50H34/c1-4-15-35(16-5-1)37-27-29-38(30-28-37)43-32-31-42(41-22-14-21-40(33-41)36-17-6-2-7-18-36)34-48(43)50-46-25-12-10-23-44(46)49(39-19-8-3-9-20-39)45-24-11-13-26-47(45)50/h1-34H. The van der Waals surface area contributed by atoms with E-state index in [1.807, 2.05) is 0 Å². The lowest BCUT2D eigenvalue weighted by atomic mass is 9.82. The van der Waals surface area contributed by atoms with Gasteiger partial charge in [-0.2, -0.15) is 0 Å². The van der Waals surface area contributed by atoms with E-state index >= 15 is 0 Å². The van der Waals surface area contributed by atoms with Crippen LogP contribution in [0.1, 0.15) is 0 Å². The van der Waals surface area contributed by atoms with Crippen molar-refractivity contribution in [2.45, 2.75) is 0 Å². The molecule has 9 rings (SSSR count). The molecule has 0 heterocycles. The molecule has 0 radical (unpaired) electrons. The van der Waals surface area contributed by atoms with Crippen molar-refractivity contribution in [1.82, 2.24) is 0 Å². The summed E-state index contributed by atoms with van der Waals surface area (Å²) in [4.78, 5) is 0. The molecule has 0 N–H and O–H groups in total. The number of hydrogen-bond acceptors (Lipinski definition) is 0. The molecule has 0 aliphatic rings. The van der Waals surface area contributed by atoms with Crippen molar-refractivity contribution in [3.8, 4) is 66.8 Å². The lowest BCUT2D eigenvalue weighted by molar-refractivity contribution is 1.56. The molecule has 0 aliphatic heterocycles. The summed E-state index contributed by atoms with van der Waals surface area (Å²) in [6.07, 6.45) is 0. The zero-order valence-corrected chi connectivity index (χ0v) is 27.6. The second-order valence-corrected chi connectivity index (χ2v) is 12.9. The summed E-state index contributed by atoms with van der Waals surface area (Å²) < 4.78 is 0. The molecule has 9 aromatic carbocycles. The molecule has 9 aromatic rings. The molecule has 0 unspecified atom stereocenters. The predicted octanol–water partition coefficient (Wildman–Crippen LogP) is 14.0. The average molecular weight is 635 g/mol. The fraction of sp³-hybridized carbons (Fsp3) is 0. The highest BCUT2D eigenvalue weighted by Gasteiger charge is 2.20. The first kappa shape index (κ1) is 29.6. The van der Waals surface area contributed by atoms with Crippen molar-refractivity contribution >= 4 is 21.5 Å². The Kier molecular flexibility index (Phi) is 7.61. The molecular weight excluding hydrogens is 601 g/mol. The predicted molar refractivity (Wildman–Crippen MR) is 214 cm³/mol. The van der Waals surface area contributed by atoms with Gasteiger partial charge in [-0.05, 0) is 100 Å². The minimum absolute atomic E-state index is 1.20. The summed E-state index contributed by atoms with van der Waals surface area (Å²) in [6, 6.07) is 75.0. The fourth-order valence-electron chi connectivity index (χ4n) is 7.50. The van der Waals surface area contributed by atoms with Crippen molar-refractivity contribution in [3.05, 3.63) is 206 Å². The molecule has 0 atom stereocenters. The van der Waals surface area contributed by atoms with Crippen molar-refractivity contribution in [2.75, 3.05) is 0 Å². The van der Waals surface area contributed by atoms with E-state index in [1.54, 1.807) is 0 Å². The Labute approximate surface area is 293 Å². The second kappa shape index (κ2) is 12.8. The summed E-state index contributed by atoms with van der Waals surface area (Å²) >= 11 is 0. The Morgan fingerprint density at radius 3 is 1.10 bits per heavy atom. The highest BCUT2D eigenvalue weighted by atomic mass is 14.2. The van der Waals surface area contributed by atoms with Gasteiger partial charge >= 0.3 is 0 Å². The second-order valence-electron chi connectivity index (χ2n) is 12.9. The maximum Gasteiger partial charge on any atom is -0.00199 e. The van der Waals surface area contributed by atoms with Gasteiger partial charge in [-0.15, -0.1) is 0 Å². The van der Waals surface area contributed by atoms with Crippen LogP contribution >= 0.6 is 0 Å². The first-order valence-electron chi connectivity index (χ1n) is 17.3. The SMILES string of the molecule is c1ccc(-c2ccc(-c3ccc(-c4cccc(-c5ccccc5)c4)cc3-c3c4ccccc4c(-c4ccccc4)c4ccccc34)cc2)cc1. The van der Waals surface area contributed by atoms with Gasteiger partial charge < -0.3 is 0 Å². The van der Waals surface area contributed by atoms with Crippen molar-refractivity contribution in [2.24, 2.45) is 0 Å². The van der Waals surface area contributed by atoms with E-state index in [0.29, 0.717) is 0 Å². The van der Waals surface area contributed by atoms with Crippen molar-refractivity contribution in [1.29, 1.82) is 0 Å². The molecule has 0 saturated carbocycles. The number of rotatable bonds is 6. The molecule has 0 aromatic heterocycles. The summed E-state index contributed by atoms with van der Waals surface area (Å²) in [5, 5.41) is 5.02. The monoisotopic (exact) mass is 634 g/mol. The number of fused-ring (bicyclic) bond motifs is 2. The lowest BCUT2D eigenvalue weighted by Gasteiger charge is -2.21. The normalized spacial score (nSPS) is 11.2. The maximum atomic E-state index is 2.42. The van der Waals surface area contributed by atoms with Gasteiger partial charge in [0.2, 0.25) is 0 Å². The number of benzene rings is 9. The van der Waals surface area contributed by atoms with E-state index in [2.05, 4.69) is 206 Å². The Morgan fingerprint density at radius 2 is 0.540 bits per heavy atom. The molecule has 0 nitrogen and oxygen atoms in total. The topological polar surface area (TPSA) is 0 Å². The zero-order valence-electron chi connectivity index (χ0n) is 27.6. The molecule has 0 bridgehead atoms. The first-order valence-corrected chi connectivity index (χ1v) is 17.3. The Balaban J connectivity index is 1.31. The average Bonchev–Trinajstić information content (AvgIpc) is 3.21. The lowest BCUT2D eigenvalue weighted by Crippen LogP contribution is -1.94. The van der Waals surface area contributed by atoms with E-state index in [-0.39, 0.29) is 0 Å². The van der Waals surface area contributed by atoms with Gasteiger partial charge in [-0.1, -0.05) is 194 Å². The van der Waals surface area contributed by atoms with E-state index in [4.69, 9.17) is 0 Å².